The van der Waals surface area contributed by atoms with Crippen molar-refractivity contribution in [3.63, 3.8) is 0 Å². The van der Waals surface area contributed by atoms with Crippen molar-refractivity contribution in [1.29, 1.82) is 0 Å². The Balaban J connectivity index is 2.16. The summed E-state index contributed by atoms with van der Waals surface area (Å²) in [6, 6.07) is 7.36. The molecule has 19 heavy (non-hydrogen) atoms. The molecule has 5 nitrogen and oxygen atoms in total. The fourth-order valence-corrected chi connectivity index (χ4v) is 2.44. The molecule has 0 radical (unpaired) electrons. The molecule has 0 bridgehead atoms. The van der Waals surface area contributed by atoms with E-state index in [0.29, 0.717) is 6.54 Å². The first-order valence-corrected chi connectivity index (χ1v) is 6.74. The Morgan fingerprint density at radius 1 is 1.42 bits per heavy atom. The van der Waals surface area contributed by atoms with E-state index in [1.54, 1.807) is 7.05 Å². The van der Waals surface area contributed by atoms with Crippen molar-refractivity contribution in [2.75, 3.05) is 25.0 Å². The molecule has 1 unspecified atom stereocenters. The van der Waals surface area contributed by atoms with Gasteiger partial charge in [-0.15, -0.1) is 0 Å². The van der Waals surface area contributed by atoms with Crippen LogP contribution in [0.5, 0.6) is 0 Å². The maximum Gasteiger partial charge on any atom is 0.305 e. The Morgan fingerprint density at radius 2 is 2.05 bits per heavy atom. The Hall–Kier alpha value is -1.56. The number of nitrogens with zero attached hydrogens (tertiary/aromatic N) is 2. The Bertz CT molecular complexity index is 489. The molecule has 2 rings (SSSR count). The van der Waals surface area contributed by atoms with E-state index in [0.717, 1.165) is 10.2 Å². The minimum absolute atomic E-state index is 0.0325. The van der Waals surface area contributed by atoms with E-state index in [1.807, 2.05) is 29.2 Å². The number of rotatable bonds is 3. The molecule has 6 heteroatoms. The minimum atomic E-state index is -0.887. The topological polar surface area (TPSA) is 60.9 Å². The first kappa shape index (κ1) is 13.9. The number of halogens is 1. The lowest BCUT2D eigenvalue weighted by Gasteiger charge is -2.39. The van der Waals surface area contributed by atoms with E-state index in [-0.39, 0.29) is 24.9 Å². The van der Waals surface area contributed by atoms with Crippen molar-refractivity contribution in [2.45, 2.75) is 12.5 Å². The van der Waals surface area contributed by atoms with E-state index in [4.69, 9.17) is 5.11 Å². The van der Waals surface area contributed by atoms with Gasteiger partial charge in [0.25, 0.3) is 0 Å². The number of aliphatic carboxylic acids is 1. The van der Waals surface area contributed by atoms with Gasteiger partial charge in [-0.1, -0.05) is 15.9 Å². The van der Waals surface area contributed by atoms with Crippen LogP contribution in [0.2, 0.25) is 0 Å². The molecule has 0 aromatic heterocycles. The summed E-state index contributed by atoms with van der Waals surface area (Å²) in [6.45, 7) is 0.824. The zero-order valence-corrected chi connectivity index (χ0v) is 12.1. The smallest absolute Gasteiger partial charge is 0.305 e. The van der Waals surface area contributed by atoms with Gasteiger partial charge < -0.3 is 14.9 Å². The second-order valence-electron chi connectivity index (χ2n) is 4.61. The highest BCUT2D eigenvalue weighted by molar-refractivity contribution is 9.10. The fourth-order valence-electron chi connectivity index (χ4n) is 2.17. The third-order valence-electron chi connectivity index (χ3n) is 3.30. The van der Waals surface area contributed by atoms with Crippen molar-refractivity contribution >= 4 is 33.5 Å². The van der Waals surface area contributed by atoms with Crippen molar-refractivity contribution in [1.82, 2.24) is 4.90 Å². The minimum Gasteiger partial charge on any atom is -0.481 e. The largest absolute Gasteiger partial charge is 0.481 e. The summed E-state index contributed by atoms with van der Waals surface area (Å²) >= 11 is 3.36. The van der Waals surface area contributed by atoms with Gasteiger partial charge in [-0.2, -0.15) is 0 Å². The monoisotopic (exact) mass is 326 g/mol. The highest BCUT2D eigenvalue weighted by Crippen LogP contribution is 2.22. The van der Waals surface area contributed by atoms with Gasteiger partial charge in [0.1, 0.15) is 0 Å². The SMILES string of the molecule is CN1C(=O)CN(c2ccc(Br)cc2)CC1CC(=O)O. The predicted molar refractivity (Wildman–Crippen MR) is 75.2 cm³/mol. The zero-order valence-electron chi connectivity index (χ0n) is 10.5. The molecule has 1 N–H and O–H groups in total. The molecule has 1 heterocycles. The van der Waals surface area contributed by atoms with E-state index in [9.17, 15) is 9.59 Å². The van der Waals surface area contributed by atoms with Crippen LogP contribution >= 0.6 is 15.9 Å². The molecular weight excluding hydrogens is 312 g/mol. The third kappa shape index (κ3) is 3.26. The van der Waals surface area contributed by atoms with Crippen molar-refractivity contribution in [3.05, 3.63) is 28.7 Å². The lowest BCUT2D eigenvalue weighted by molar-refractivity contribution is -0.140. The molecule has 1 amide bonds. The number of amides is 1. The van der Waals surface area contributed by atoms with Crippen LogP contribution in [0.25, 0.3) is 0 Å². The summed E-state index contributed by atoms with van der Waals surface area (Å²) in [4.78, 5) is 26.2. The Kier molecular flexibility index (Phi) is 4.09. The van der Waals surface area contributed by atoms with Gasteiger partial charge in [0, 0.05) is 23.8 Å². The number of carbonyl (C=O) groups is 2. The van der Waals surface area contributed by atoms with Gasteiger partial charge >= 0.3 is 5.97 Å². The van der Waals surface area contributed by atoms with E-state index >= 15 is 0 Å². The number of hydrogen-bond donors (Lipinski definition) is 1. The second kappa shape index (κ2) is 5.61. The molecule has 102 valence electrons. The number of anilines is 1. The maximum absolute atomic E-state index is 11.9. The van der Waals surface area contributed by atoms with Crippen LogP contribution < -0.4 is 4.90 Å². The maximum atomic E-state index is 11.9. The number of hydrogen-bond acceptors (Lipinski definition) is 3. The highest BCUT2D eigenvalue weighted by Gasteiger charge is 2.31. The van der Waals surface area contributed by atoms with Crippen molar-refractivity contribution in [3.8, 4) is 0 Å². The molecule has 1 atom stereocenters. The van der Waals surface area contributed by atoms with Crippen LogP contribution in [0.15, 0.2) is 28.7 Å². The summed E-state index contributed by atoms with van der Waals surface area (Å²) in [5, 5.41) is 8.90. The summed E-state index contributed by atoms with van der Waals surface area (Å²) in [5.41, 5.74) is 0.931. The average Bonchev–Trinajstić information content (AvgIpc) is 2.35. The summed E-state index contributed by atoms with van der Waals surface area (Å²) in [7, 11) is 1.66. The molecule has 1 aromatic rings. The molecule has 0 aliphatic carbocycles. The average molecular weight is 327 g/mol. The second-order valence-corrected chi connectivity index (χ2v) is 5.53. The van der Waals surface area contributed by atoms with Gasteiger partial charge in [-0.25, -0.2) is 0 Å². The molecule has 1 aliphatic heterocycles. The molecule has 1 fully saturated rings. The molecule has 1 saturated heterocycles. The van der Waals surface area contributed by atoms with Gasteiger partial charge in [0.15, 0.2) is 0 Å². The predicted octanol–water partition coefficient (Wildman–Crippen LogP) is 1.57. The molecular formula is C13H15BrN2O3. The van der Waals surface area contributed by atoms with Crippen LogP contribution in [0.4, 0.5) is 5.69 Å². The number of likely N-dealkylation sites (N-methyl/N-ethyl adjacent to an activating group) is 1. The standard InChI is InChI=1S/C13H15BrN2O3/c1-15-11(6-13(18)19)7-16(8-12(15)17)10-4-2-9(14)3-5-10/h2-5,11H,6-8H2,1H3,(H,18,19). The van der Waals surface area contributed by atoms with Crippen LogP contribution in [0, 0.1) is 0 Å². The molecule has 0 spiro atoms. The first-order chi connectivity index (χ1) is 8.97. The van der Waals surface area contributed by atoms with Gasteiger partial charge in [-0.05, 0) is 24.3 Å². The van der Waals surface area contributed by atoms with E-state index in [2.05, 4.69) is 15.9 Å². The van der Waals surface area contributed by atoms with Crippen molar-refractivity contribution in [2.24, 2.45) is 0 Å². The van der Waals surface area contributed by atoms with Crippen LogP contribution in [-0.2, 0) is 9.59 Å². The zero-order chi connectivity index (χ0) is 14.0. The lowest BCUT2D eigenvalue weighted by atomic mass is 10.1. The Labute approximate surface area is 119 Å². The first-order valence-electron chi connectivity index (χ1n) is 5.95. The van der Waals surface area contributed by atoms with E-state index in [1.165, 1.54) is 4.90 Å². The van der Waals surface area contributed by atoms with Gasteiger partial charge in [-0.3, -0.25) is 9.59 Å². The number of benzene rings is 1. The molecule has 0 saturated carbocycles. The molecule has 1 aromatic carbocycles. The normalized spacial score (nSPS) is 19.7. The van der Waals surface area contributed by atoms with Crippen LogP contribution in [0.1, 0.15) is 6.42 Å². The van der Waals surface area contributed by atoms with Gasteiger partial charge in [0.05, 0.1) is 19.0 Å². The quantitative estimate of drug-likeness (QED) is 0.916. The highest BCUT2D eigenvalue weighted by atomic mass is 79.9. The van der Waals surface area contributed by atoms with Crippen LogP contribution in [0.3, 0.4) is 0 Å². The number of carboxylic acids is 1. The third-order valence-corrected chi connectivity index (χ3v) is 3.83. The lowest BCUT2D eigenvalue weighted by Crippen LogP contribution is -2.55. The fraction of sp³-hybridized carbons (Fsp3) is 0.385. The number of carbonyl (C=O) groups excluding carboxylic acids is 1. The molecule has 1 aliphatic rings. The van der Waals surface area contributed by atoms with Gasteiger partial charge in [0.2, 0.25) is 5.91 Å². The van der Waals surface area contributed by atoms with E-state index < -0.39 is 5.97 Å². The van der Waals surface area contributed by atoms with Crippen LogP contribution in [-0.4, -0.2) is 48.1 Å². The number of carboxylic acid groups (broad SMARTS) is 1. The van der Waals surface area contributed by atoms with Crippen molar-refractivity contribution < 1.29 is 14.7 Å². The summed E-state index contributed by atoms with van der Waals surface area (Å²) in [6.07, 6.45) is -0.0325. The Morgan fingerprint density at radius 3 is 2.63 bits per heavy atom. The number of piperazine rings is 1. The summed E-state index contributed by atoms with van der Waals surface area (Å²) in [5.74, 6) is -0.942. The summed E-state index contributed by atoms with van der Waals surface area (Å²) < 4.78 is 0.971.